The predicted octanol–water partition coefficient (Wildman–Crippen LogP) is 2.87. The third kappa shape index (κ3) is 3.07. The van der Waals surface area contributed by atoms with E-state index >= 15 is 0 Å². The van der Waals surface area contributed by atoms with Gasteiger partial charge >= 0.3 is 0 Å². The number of pyridine rings is 1. The van der Waals surface area contributed by atoms with Crippen molar-refractivity contribution in [2.24, 2.45) is 0 Å². The van der Waals surface area contributed by atoms with E-state index in [1.165, 1.54) is 0 Å². The lowest BCUT2D eigenvalue weighted by Gasteiger charge is -2.23. The maximum Gasteiger partial charge on any atom is 0.101 e. The van der Waals surface area contributed by atoms with E-state index in [2.05, 4.69) is 22.9 Å². The van der Waals surface area contributed by atoms with Gasteiger partial charge in [-0.05, 0) is 44.2 Å². The van der Waals surface area contributed by atoms with Gasteiger partial charge in [0.2, 0.25) is 0 Å². The average molecular weight is 266 g/mol. The third-order valence-corrected chi connectivity index (χ3v) is 3.20. The minimum absolute atomic E-state index is 0.512. The van der Waals surface area contributed by atoms with Crippen molar-refractivity contribution in [3.63, 3.8) is 0 Å². The summed E-state index contributed by atoms with van der Waals surface area (Å²) in [4.78, 5) is 6.70. The van der Waals surface area contributed by atoms with Crippen LogP contribution in [0.25, 0.3) is 0 Å². The van der Waals surface area contributed by atoms with Crippen LogP contribution in [-0.4, -0.2) is 11.5 Å². The first-order valence-corrected chi connectivity index (χ1v) is 6.61. The largest absolute Gasteiger partial charge is 0.398 e. The van der Waals surface area contributed by atoms with Gasteiger partial charge in [-0.15, -0.1) is 0 Å². The summed E-state index contributed by atoms with van der Waals surface area (Å²) in [5, 5.41) is 8.92. The highest BCUT2D eigenvalue weighted by Gasteiger charge is 2.08. The molecule has 0 aliphatic rings. The molecule has 0 aliphatic carbocycles. The molecule has 0 spiro atoms. The molecule has 0 saturated carbocycles. The summed E-state index contributed by atoms with van der Waals surface area (Å²) in [6.45, 7) is 5.65. The van der Waals surface area contributed by atoms with Crippen LogP contribution in [0.2, 0.25) is 0 Å². The summed E-state index contributed by atoms with van der Waals surface area (Å²) < 4.78 is 0. The first-order valence-electron chi connectivity index (χ1n) is 6.61. The predicted molar refractivity (Wildman–Crippen MR) is 81.3 cm³/mol. The molecule has 4 nitrogen and oxygen atoms in total. The van der Waals surface area contributed by atoms with Gasteiger partial charge in [-0.3, -0.25) is 4.98 Å². The number of nitrogens with two attached hydrogens (primary N) is 1. The Morgan fingerprint density at radius 2 is 2.10 bits per heavy atom. The molecule has 2 rings (SSSR count). The van der Waals surface area contributed by atoms with Gasteiger partial charge in [0.1, 0.15) is 6.07 Å². The van der Waals surface area contributed by atoms with Crippen LogP contribution in [-0.2, 0) is 6.54 Å². The molecular formula is C16H18N4. The normalized spacial score (nSPS) is 10.1. The summed E-state index contributed by atoms with van der Waals surface area (Å²) in [5.74, 6) is 0. The van der Waals surface area contributed by atoms with Crippen LogP contribution < -0.4 is 10.6 Å². The Kier molecular flexibility index (Phi) is 4.21. The Labute approximate surface area is 119 Å². The monoisotopic (exact) mass is 266 g/mol. The van der Waals surface area contributed by atoms with Crippen LogP contribution in [0, 0.1) is 18.3 Å². The fraction of sp³-hybridized carbons (Fsp3) is 0.250. The summed E-state index contributed by atoms with van der Waals surface area (Å²) in [6, 6.07) is 13.6. The summed E-state index contributed by atoms with van der Waals surface area (Å²) in [6.07, 6.45) is 0. The Morgan fingerprint density at radius 3 is 2.70 bits per heavy atom. The molecular weight excluding hydrogens is 248 g/mol. The van der Waals surface area contributed by atoms with Crippen molar-refractivity contribution in [3.05, 3.63) is 53.3 Å². The summed E-state index contributed by atoms with van der Waals surface area (Å²) in [7, 11) is 0. The minimum Gasteiger partial charge on any atom is -0.398 e. The SMILES string of the molecule is CCN(Cc1cccc(C)n1)c1ccc(C#N)c(N)c1. The zero-order valence-corrected chi connectivity index (χ0v) is 11.8. The first-order chi connectivity index (χ1) is 9.63. The van der Waals surface area contributed by atoms with Gasteiger partial charge in [-0.2, -0.15) is 5.26 Å². The number of anilines is 2. The molecule has 0 atom stereocenters. The van der Waals surface area contributed by atoms with Gasteiger partial charge in [-0.25, -0.2) is 0 Å². The van der Waals surface area contributed by atoms with Crippen LogP contribution in [0.5, 0.6) is 0 Å². The summed E-state index contributed by atoms with van der Waals surface area (Å²) in [5.41, 5.74) is 9.95. The molecule has 102 valence electrons. The van der Waals surface area contributed by atoms with Crippen molar-refractivity contribution in [3.8, 4) is 6.07 Å². The van der Waals surface area contributed by atoms with Crippen LogP contribution in [0.15, 0.2) is 36.4 Å². The molecule has 0 amide bonds. The zero-order valence-electron chi connectivity index (χ0n) is 11.8. The number of benzene rings is 1. The first kappa shape index (κ1) is 13.9. The number of nitriles is 1. The van der Waals surface area contributed by atoms with Crippen molar-refractivity contribution in [1.29, 1.82) is 5.26 Å². The number of nitrogens with zero attached hydrogens (tertiary/aromatic N) is 3. The van der Waals surface area contributed by atoms with Crippen molar-refractivity contribution >= 4 is 11.4 Å². The lowest BCUT2D eigenvalue weighted by atomic mass is 10.1. The molecule has 4 heteroatoms. The second kappa shape index (κ2) is 6.07. The Bertz CT molecular complexity index is 643. The number of nitrogen functional groups attached to an aromatic ring is 1. The van der Waals surface area contributed by atoms with E-state index in [0.29, 0.717) is 11.3 Å². The highest BCUT2D eigenvalue weighted by Crippen LogP contribution is 2.22. The number of hydrogen-bond acceptors (Lipinski definition) is 4. The quantitative estimate of drug-likeness (QED) is 0.864. The molecule has 0 bridgehead atoms. The van der Waals surface area contributed by atoms with Gasteiger partial charge < -0.3 is 10.6 Å². The highest BCUT2D eigenvalue weighted by atomic mass is 15.1. The molecule has 2 aromatic rings. The fourth-order valence-electron chi connectivity index (χ4n) is 2.12. The van der Waals surface area contributed by atoms with Gasteiger partial charge in [-0.1, -0.05) is 6.07 Å². The van der Waals surface area contributed by atoms with Gasteiger partial charge in [0, 0.05) is 17.9 Å². The Morgan fingerprint density at radius 1 is 1.30 bits per heavy atom. The van der Waals surface area contributed by atoms with Crippen LogP contribution >= 0.6 is 0 Å². The number of hydrogen-bond donors (Lipinski definition) is 1. The molecule has 0 saturated heterocycles. The zero-order chi connectivity index (χ0) is 14.5. The van der Waals surface area contributed by atoms with E-state index in [1.807, 2.05) is 37.3 Å². The van der Waals surface area contributed by atoms with Crippen molar-refractivity contribution in [1.82, 2.24) is 4.98 Å². The van der Waals surface area contributed by atoms with E-state index in [4.69, 9.17) is 11.0 Å². The number of aryl methyl sites for hydroxylation is 1. The maximum absolute atomic E-state index is 8.92. The van der Waals surface area contributed by atoms with Crippen LogP contribution in [0.3, 0.4) is 0 Å². The Balaban J connectivity index is 2.24. The van der Waals surface area contributed by atoms with Crippen LogP contribution in [0.1, 0.15) is 23.9 Å². The molecule has 1 heterocycles. The molecule has 0 unspecified atom stereocenters. The van der Waals surface area contributed by atoms with E-state index in [0.717, 1.165) is 30.2 Å². The average Bonchev–Trinajstić information content (AvgIpc) is 2.44. The standard InChI is InChI=1S/C16H18N4/c1-3-20(11-14-6-4-5-12(2)19-14)15-8-7-13(10-17)16(18)9-15/h4-9H,3,11,18H2,1-2H3. The van der Waals surface area contributed by atoms with Crippen molar-refractivity contribution < 1.29 is 0 Å². The Hall–Kier alpha value is -2.54. The van der Waals surface area contributed by atoms with E-state index < -0.39 is 0 Å². The minimum atomic E-state index is 0.512. The lowest BCUT2D eigenvalue weighted by molar-refractivity contribution is 0.806. The third-order valence-electron chi connectivity index (χ3n) is 3.20. The smallest absolute Gasteiger partial charge is 0.101 e. The molecule has 0 aliphatic heterocycles. The molecule has 0 radical (unpaired) electrons. The maximum atomic E-state index is 8.92. The second-order valence-corrected chi connectivity index (χ2v) is 4.67. The topological polar surface area (TPSA) is 65.9 Å². The van der Waals surface area contributed by atoms with Crippen molar-refractivity contribution in [2.75, 3.05) is 17.2 Å². The van der Waals surface area contributed by atoms with Crippen molar-refractivity contribution in [2.45, 2.75) is 20.4 Å². The highest BCUT2D eigenvalue weighted by molar-refractivity contribution is 5.63. The van der Waals surface area contributed by atoms with E-state index in [9.17, 15) is 0 Å². The summed E-state index contributed by atoms with van der Waals surface area (Å²) >= 11 is 0. The lowest BCUT2D eigenvalue weighted by Crippen LogP contribution is -2.22. The number of rotatable bonds is 4. The molecule has 1 aromatic heterocycles. The van der Waals surface area contributed by atoms with Gasteiger partial charge in [0.05, 0.1) is 23.5 Å². The van der Waals surface area contributed by atoms with Gasteiger partial charge in [0.25, 0.3) is 0 Å². The van der Waals surface area contributed by atoms with Gasteiger partial charge in [0.15, 0.2) is 0 Å². The van der Waals surface area contributed by atoms with E-state index in [-0.39, 0.29) is 0 Å². The number of aromatic nitrogens is 1. The van der Waals surface area contributed by atoms with Crippen LogP contribution in [0.4, 0.5) is 11.4 Å². The van der Waals surface area contributed by atoms with E-state index in [1.54, 1.807) is 6.07 Å². The molecule has 1 aromatic carbocycles. The second-order valence-electron chi connectivity index (χ2n) is 4.67. The fourth-order valence-corrected chi connectivity index (χ4v) is 2.12. The molecule has 20 heavy (non-hydrogen) atoms. The molecule has 2 N–H and O–H groups in total. The molecule has 0 fully saturated rings.